The van der Waals surface area contributed by atoms with Gasteiger partial charge < -0.3 is 11.1 Å². The lowest BCUT2D eigenvalue weighted by Crippen LogP contribution is -2.33. The van der Waals surface area contributed by atoms with Gasteiger partial charge in [0, 0.05) is 18.3 Å². The molecule has 0 aliphatic carbocycles. The minimum absolute atomic E-state index is 0.0315. The van der Waals surface area contributed by atoms with Crippen LogP contribution in [0.15, 0.2) is 54.6 Å². The molecule has 0 heterocycles. The van der Waals surface area contributed by atoms with Crippen molar-refractivity contribution in [1.82, 2.24) is 5.32 Å². The third-order valence-corrected chi connectivity index (χ3v) is 4.34. The fourth-order valence-corrected chi connectivity index (χ4v) is 2.96. The van der Waals surface area contributed by atoms with Crippen LogP contribution in [-0.4, -0.2) is 18.2 Å². The highest BCUT2D eigenvalue weighted by atomic mass is 32.2. The first-order valence-corrected chi connectivity index (χ1v) is 8.51. The van der Waals surface area contributed by atoms with Crippen LogP contribution in [-0.2, 0) is 10.5 Å². The van der Waals surface area contributed by atoms with E-state index in [0.29, 0.717) is 12.3 Å². The summed E-state index contributed by atoms with van der Waals surface area (Å²) in [6.45, 7) is 2.54. The van der Waals surface area contributed by atoms with Crippen LogP contribution in [0.2, 0.25) is 0 Å². The second kappa shape index (κ2) is 8.61. The summed E-state index contributed by atoms with van der Waals surface area (Å²) in [7, 11) is 0. The van der Waals surface area contributed by atoms with Crippen LogP contribution in [0.25, 0.3) is 0 Å². The molecule has 2 aromatic carbocycles. The Balaban J connectivity index is 1.68. The Morgan fingerprint density at radius 3 is 2.68 bits per heavy atom. The van der Waals surface area contributed by atoms with Gasteiger partial charge >= 0.3 is 0 Å². The molecule has 0 aliphatic heterocycles. The molecule has 1 amide bonds. The van der Waals surface area contributed by atoms with Gasteiger partial charge in [0.15, 0.2) is 0 Å². The molecule has 2 aromatic rings. The molecule has 0 fully saturated rings. The number of nitrogens with two attached hydrogens (primary N) is 1. The molecular formula is C18H22N2OS. The number of thioether (sulfide) groups is 1. The Hall–Kier alpha value is -1.78. The van der Waals surface area contributed by atoms with Crippen molar-refractivity contribution in [3.05, 3.63) is 71.3 Å². The standard InChI is InChI=1S/C18H22N2OS/c1-14-6-5-7-15(10-14)12-22-13-18(21)20-11-17(19)16-8-3-2-4-9-16/h2-10,17H,11-13,19H2,1H3,(H,20,21). The Morgan fingerprint density at radius 1 is 1.18 bits per heavy atom. The predicted octanol–water partition coefficient (Wildman–Crippen LogP) is 3.04. The number of amides is 1. The van der Waals surface area contributed by atoms with Crippen molar-refractivity contribution in [1.29, 1.82) is 0 Å². The highest BCUT2D eigenvalue weighted by Gasteiger charge is 2.08. The zero-order valence-electron chi connectivity index (χ0n) is 12.8. The summed E-state index contributed by atoms with van der Waals surface area (Å²) in [5.41, 5.74) is 9.59. The van der Waals surface area contributed by atoms with E-state index < -0.39 is 0 Å². The summed E-state index contributed by atoms with van der Waals surface area (Å²) in [4.78, 5) is 11.8. The molecule has 0 saturated carbocycles. The highest BCUT2D eigenvalue weighted by molar-refractivity contribution is 7.99. The second-order valence-corrected chi connectivity index (χ2v) is 6.29. The number of benzene rings is 2. The quantitative estimate of drug-likeness (QED) is 0.826. The van der Waals surface area contributed by atoms with E-state index in [-0.39, 0.29) is 11.9 Å². The van der Waals surface area contributed by atoms with E-state index in [1.807, 2.05) is 36.4 Å². The predicted molar refractivity (Wildman–Crippen MR) is 93.7 cm³/mol. The van der Waals surface area contributed by atoms with Crippen LogP contribution >= 0.6 is 11.8 Å². The smallest absolute Gasteiger partial charge is 0.230 e. The van der Waals surface area contributed by atoms with E-state index in [1.165, 1.54) is 11.1 Å². The summed E-state index contributed by atoms with van der Waals surface area (Å²) in [6, 6.07) is 18.0. The lowest BCUT2D eigenvalue weighted by molar-refractivity contribution is -0.118. The Morgan fingerprint density at radius 2 is 1.95 bits per heavy atom. The maximum absolute atomic E-state index is 11.8. The third-order valence-electron chi connectivity index (χ3n) is 3.33. The molecule has 4 heteroatoms. The number of aryl methyl sites for hydroxylation is 1. The maximum Gasteiger partial charge on any atom is 0.230 e. The first-order valence-electron chi connectivity index (χ1n) is 7.35. The number of rotatable bonds is 7. The van der Waals surface area contributed by atoms with Crippen molar-refractivity contribution >= 4 is 17.7 Å². The monoisotopic (exact) mass is 314 g/mol. The highest BCUT2D eigenvalue weighted by Crippen LogP contribution is 2.13. The molecular weight excluding hydrogens is 292 g/mol. The van der Waals surface area contributed by atoms with Gasteiger partial charge in [-0.3, -0.25) is 4.79 Å². The van der Waals surface area contributed by atoms with E-state index in [4.69, 9.17) is 5.73 Å². The number of carbonyl (C=O) groups excluding carboxylic acids is 1. The van der Waals surface area contributed by atoms with Crippen molar-refractivity contribution in [3.63, 3.8) is 0 Å². The van der Waals surface area contributed by atoms with E-state index in [1.54, 1.807) is 11.8 Å². The minimum atomic E-state index is -0.160. The SMILES string of the molecule is Cc1cccc(CSCC(=O)NCC(N)c2ccccc2)c1. The van der Waals surface area contributed by atoms with Crippen molar-refractivity contribution < 1.29 is 4.79 Å². The van der Waals surface area contributed by atoms with Gasteiger partial charge in [0.05, 0.1) is 5.75 Å². The van der Waals surface area contributed by atoms with E-state index in [0.717, 1.165) is 11.3 Å². The van der Waals surface area contributed by atoms with Gasteiger partial charge in [-0.15, -0.1) is 11.8 Å². The molecule has 1 atom stereocenters. The maximum atomic E-state index is 11.8. The number of hydrogen-bond donors (Lipinski definition) is 2. The molecule has 3 nitrogen and oxygen atoms in total. The summed E-state index contributed by atoms with van der Waals surface area (Å²) < 4.78 is 0. The molecule has 116 valence electrons. The van der Waals surface area contributed by atoms with Crippen molar-refractivity contribution in [3.8, 4) is 0 Å². The van der Waals surface area contributed by atoms with Crippen molar-refractivity contribution in [2.75, 3.05) is 12.3 Å². The molecule has 2 rings (SSSR count). The van der Waals surface area contributed by atoms with Gasteiger partial charge in [0.25, 0.3) is 0 Å². The van der Waals surface area contributed by atoms with Gasteiger partial charge in [-0.1, -0.05) is 60.2 Å². The Bertz CT molecular complexity index is 601. The van der Waals surface area contributed by atoms with Gasteiger partial charge in [0.2, 0.25) is 5.91 Å². The molecule has 0 bridgehead atoms. The average Bonchev–Trinajstić information content (AvgIpc) is 2.53. The largest absolute Gasteiger partial charge is 0.353 e. The molecule has 3 N–H and O–H groups in total. The average molecular weight is 314 g/mol. The van der Waals surface area contributed by atoms with Crippen LogP contribution in [0, 0.1) is 6.92 Å². The first-order chi connectivity index (χ1) is 10.6. The second-order valence-electron chi connectivity index (χ2n) is 5.30. The Labute approximate surface area is 136 Å². The van der Waals surface area contributed by atoms with E-state index >= 15 is 0 Å². The number of hydrogen-bond acceptors (Lipinski definition) is 3. The van der Waals surface area contributed by atoms with Crippen LogP contribution in [0.5, 0.6) is 0 Å². The van der Waals surface area contributed by atoms with Crippen LogP contribution < -0.4 is 11.1 Å². The molecule has 0 saturated heterocycles. The van der Waals surface area contributed by atoms with Crippen LogP contribution in [0.3, 0.4) is 0 Å². The van der Waals surface area contributed by atoms with Gasteiger partial charge in [-0.05, 0) is 18.1 Å². The molecule has 0 aromatic heterocycles. The van der Waals surface area contributed by atoms with E-state index in [2.05, 4.69) is 30.4 Å². The Kier molecular flexibility index (Phi) is 6.49. The van der Waals surface area contributed by atoms with Gasteiger partial charge in [0.1, 0.15) is 0 Å². The number of nitrogens with one attached hydrogen (secondary N) is 1. The lowest BCUT2D eigenvalue weighted by Gasteiger charge is -2.13. The number of carbonyl (C=O) groups is 1. The fraction of sp³-hybridized carbons (Fsp3) is 0.278. The zero-order chi connectivity index (χ0) is 15.8. The summed E-state index contributed by atoms with van der Waals surface area (Å²) >= 11 is 1.62. The molecule has 1 unspecified atom stereocenters. The molecule has 0 radical (unpaired) electrons. The normalized spacial score (nSPS) is 11.9. The van der Waals surface area contributed by atoms with Gasteiger partial charge in [-0.2, -0.15) is 0 Å². The zero-order valence-corrected chi connectivity index (χ0v) is 13.6. The van der Waals surface area contributed by atoms with Crippen molar-refractivity contribution in [2.45, 2.75) is 18.7 Å². The van der Waals surface area contributed by atoms with Crippen molar-refractivity contribution in [2.24, 2.45) is 5.73 Å². The van der Waals surface area contributed by atoms with Gasteiger partial charge in [-0.25, -0.2) is 0 Å². The third kappa shape index (κ3) is 5.54. The molecule has 22 heavy (non-hydrogen) atoms. The molecule has 0 spiro atoms. The minimum Gasteiger partial charge on any atom is -0.353 e. The topological polar surface area (TPSA) is 55.1 Å². The summed E-state index contributed by atoms with van der Waals surface area (Å²) in [5, 5.41) is 2.89. The fourth-order valence-electron chi connectivity index (χ4n) is 2.16. The van der Waals surface area contributed by atoms with E-state index in [9.17, 15) is 4.79 Å². The summed E-state index contributed by atoms with van der Waals surface area (Å²) in [5.74, 6) is 1.33. The lowest BCUT2D eigenvalue weighted by atomic mass is 10.1. The summed E-state index contributed by atoms with van der Waals surface area (Å²) in [6.07, 6.45) is 0. The first kappa shape index (κ1) is 16.6. The van der Waals surface area contributed by atoms with Crippen LogP contribution in [0.4, 0.5) is 0 Å². The van der Waals surface area contributed by atoms with Crippen LogP contribution in [0.1, 0.15) is 22.7 Å². The molecule has 0 aliphatic rings.